The van der Waals surface area contributed by atoms with Gasteiger partial charge in [0.2, 0.25) is 5.95 Å². The first-order chi connectivity index (χ1) is 13.3. The molecule has 2 aromatic carbocycles. The van der Waals surface area contributed by atoms with Gasteiger partial charge in [0, 0.05) is 17.2 Å². The van der Waals surface area contributed by atoms with Gasteiger partial charge in [0.25, 0.3) is 0 Å². The maximum atomic E-state index is 11.1. The van der Waals surface area contributed by atoms with Gasteiger partial charge in [-0.2, -0.15) is 10.2 Å². The Hall–Kier alpha value is -2.62. The third-order valence-corrected chi connectivity index (χ3v) is 4.78. The molecule has 0 saturated carbocycles. The van der Waals surface area contributed by atoms with Gasteiger partial charge in [-0.1, -0.05) is 29.3 Å². The number of benzene rings is 2. The normalized spacial score (nSPS) is 12.0. The quantitative estimate of drug-likeness (QED) is 0.465. The molecule has 1 heterocycles. The summed E-state index contributed by atoms with van der Waals surface area (Å²) in [5.74, 6) is 0.678. The molecule has 8 nitrogen and oxygen atoms in total. The van der Waals surface area contributed by atoms with Gasteiger partial charge in [-0.25, -0.2) is 10.2 Å². The minimum atomic E-state index is -0.998. The van der Waals surface area contributed by atoms with Crippen LogP contribution in [0, 0.1) is 12.1 Å². The van der Waals surface area contributed by atoms with Gasteiger partial charge >= 0.3 is 0 Å². The number of nitrogen functional groups attached to an aromatic ring is 2. The van der Waals surface area contributed by atoms with E-state index < -0.39 is 5.23 Å². The lowest BCUT2D eigenvalue weighted by molar-refractivity contribution is -0.991. The predicted molar refractivity (Wildman–Crippen MR) is 108 cm³/mol. The monoisotopic (exact) mass is 421 g/mol. The zero-order valence-electron chi connectivity index (χ0n) is 14.7. The van der Waals surface area contributed by atoms with Crippen molar-refractivity contribution < 1.29 is 15.2 Å². The second-order valence-electron chi connectivity index (χ2n) is 5.99. The summed E-state index contributed by atoms with van der Waals surface area (Å²) >= 11 is 12.1. The van der Waals surface area contributed by atoms with Crippen LogP contribution in [0.15, 0.2) is 36.4 Å². The van der Waals surface area contributed by atoms with E-state index in [9.17, 15) is 5.21 Å². The maximum absolute atomic E-state index is 11.1. The van der Waals surface area contributed by atoms with Crippen molar-refractivity contribution in [1.29, 1.82) is 0 Å². The van der Waals surface area contributed by atoms with E-state index in [2.05, 4.69) is 9.97 Å². The van der Waals surface area contributed by atoms with Gasteiger partial charge in [0.15, 0.2) is 5.69 Å². The Balaban J connectivity index is 1.94. The zero-order chi connectivity index (χ0) is 20.4. The van der Waals surface area contributed by atoms with Crippen molar-refractivity contribution in [1.82, 2.24) is 9.97 Å². The van der Waals surface area contributed by atoms with Crippen molar-refractivity contribution in [3.8, 4) is 16.9 Å². The SMILES string of the molecule is Cc1cc(OCc2nc(N)nc(N)c2-c2ccc(Cl)c(Cl)c2)ccc1[NH+]([O-])O. The number of nitrogens with one attached hydrogen (secondary N) is 1. The highest BCUT2D eigenvalue weighted by Crippen LogP contribution is 2.33. The first-order valence-electron chi connectivity index (χ1n) is 8.10. The molecule has 10 heteroatoms. The van der Waals surface area contributed by atoms with Crippen LogP contribution in [-0.2, 0) is 6.61 Å². The van der Waals surface area contributed by atoms with Crippen LogP contribution in [0.3, 0.4) is 0 Å². The second-order valence-corrected chi connectivity index (χ2v) is 6.80. The third kappa shape index (κ3) is 4.27. The molecule has 1 atom stereocenters. The molecular formula is C18H17Cl2N5O3. The summed E-state index contributed by atoms with van der Waals surface area (Å²) in [5.41, 5.74) is 14.2. The minimum Gasteiger partial charge on any atom is -0.595 e. The van der Waals surface area contributed by atoms with Crippen LogP contribution >= 0.6 is 23.2 Å². The second kappa shape index (κ2) is 8.17. The number of nitrogens with two attached hydrogens (primary N) is 2. The lowest BCUT2D eigenvalue weighted by atomic mass is 10.0. The predicted octanol–water partition coefficient (Wildman–Crippen LogP) is 2.91. The number of anilines is 2. The molecule has 0 aliphatic rings. The number of rotatable bonds is 5. The maximum Gasteiger partial charge on any atom is 0.222 e. The Morgan fingerprint density at radius 3 is 2.50 bits per heavy atom. The third-order valence-electron chi connectivity index (χ3n) is 4.04. The number of ether oxygens (including phenoxy) is 1. The summed E-state index contributed by atoms with van der Waals surface area (Å²) in [6.45, 7) is 1.73. The molecule has 0 radical (unpaired) electrons. The summed E-state index contributed by atoms with van der Waals surface area (Å²) in [4.78, 5) is 8.25. The van der Waals surface area contributed by atoms with E-state index in [1.54, 1.807) is 37.3 Å². The van der Waals surface area contributed by atoms with E-state index >= 15 is 0 Å². The van der Waals surface area contributed by atoms with Gasteiger partial charge in [0.1, 0.15) is 18.2 Å². The summed E-state index contributed by atoms with van der Waals surface area (Å²) in [6.07, 6.45) is 0. The van der Waals surface area contributed by atoms with Crippen molar-refractivity contribution in [3.63, 3.8) is 0 Å². The molecule has 146 valence electrons. The Labute approximate surface area is 170 Å². The molecule has 1 unspecified atom stereocenters. The molecule has 1 aromatic heterocycles. The number of aryl methyl sites for hydroxylation is 1. The first-order valence-corrected chi connectivity index (χ1v) is 8.86. The van der Waals surface area contributed by atoms with Crippen LogP contribution in [0.5, 0.6) is 5.75 Å². The van der Waals surface area contributed by atoms with E-state index in [0.29, 0.717) is 38.2 Å². The number of hydrogen-bond donors (Lipinski definition) is 4. The van der Waals surface area contributed by atoms with Crippen molar-refractivity contribution in [3.05, 3.63) is 62.9 Å². The van der Waals surface area contributed by atoms with Crippen LogP contribution in [0.1, 0.15) is 11.3 Å². The Bertz CT molecular complexity index is 1030. The molecule has 28 heavy (non-hydrogen) atoms. The van der Waals surface area contributed by atoms with Crippen molar-refractivity contribution in [2.45, 2.75) is 13.5 Å². The molecule has 0 aliphatic heterocycles. The summed E-state index contributed by atoms with van der Waals surface area (Å²) < 4.78 is 5.78. The average Bonchev–Trinajstić information content (AvgIpc) is 2.62. The van der Waals surface area contributed by atoms with E-state index in [0.717, 1.165) is 0 Å². The molecule has 0 saturated heterocycles. The molecule has 3 rings (SSSR count). The minimum absolute atomic E-state index is 0.0114. The van der Waals surface area contributed by atoms with Crippen LogP contribution in [0.25, 0.3) is 11.1 Å². The molecule has 0 amide bonds. The highest BCUT2D eigenvalue weighted by atomic mass is 35.5. The van der Waals surface area contributed by atoms with Gasteiger partial charge < -0.3 is 21.4 Å². The fourth-order valence-electron chi connectivity index (χ4n) is 2.73. The Morgan fingerprint density at radius 2 is 1.86 bits per heavy atom. The van der Waals surface area contributed by atoms with Gasteiger partial charge in [0.05, 0.1) is 15.7 Å². The van der Waals surface area contributed by atoms with E-state index in [4.69, 9.17) is 44.6 Å². The van der Waals surface area contributed by atoms with Crippen molar-refractivity contribution in [2.24, 2.45) is 0 Å². The summed E-state index contributed by atoms with van der Waals surface area (Å²) in [6, 6.07) is 9.74. The average molecular weight is 422 g/mol. The fourth-order valence-corrected chi connectivity index (χ4v) is 3.03. The van der Waals surface area contributed by atoms with Crippen molar-refractivity contribution in [2.75, 3.05) is 11.5 Å². The molecule has 0 bridgehead atoms. The first kappa shape index (κ1) is 20.1. The fraction of sp³-hybridized carbons (Fsp3) is 0.111. The van der Waals surface area contributed by atoms with E-state index in [-0.39, 0.29) is 24.1 Å². The lowest BCUT2D eigenvalue weighted by Crippen LogP contribution is -2.99. The van der Waals surface area contributed by atoms with Crippen LogP contribution < -0.4 is 21.4 Å². The smallest absolute Gasteiger partial charge is 0.222 e. The Morgan fingerprint density at radius 1 is 1.11 bits per heavy atom. The van der Waals surface area contributed by atoms with Gasteiger partial charge in [-0.05, 0) is 36.8 Å². The number of nitrogens with zero attached hydrogens (tertiary/aromatic N) is 2. The molecule has 0 aliphatic carbocycles. The van der Waals surface area contributed by atoms with Crippen molar-refractivity contribution >= 4 is 40.7 Å². The molecular weight excluding hydrogens is 405 g/mol. The summed E-state index contributed by atoms with van der Waals surface area (Å²) in [7, 11) is 0. The number of halogens is 2. The standard InChI is InChI=1S/C18H17Cl2N5O3/c1-9-6-11(3-5-15(9)25(26)27)28-8-14-16(17(21)24-18(22)23-14)10-2-4-12(19)13(20)7-10/h2-7,25-26H,8H2,1H3,(H4,21,22,23,24). The molecule has 3 aromatic rings. The number of quaternary nitrogens is 1. The van der Waals surface area contributed by atoms with Gasteiger partial charge in [-0.15, -0.1) is 0 Å². The van der Waals surface area contributed by atoms with Crippen LogP contribution in [0.4, 0.5) is 17.5 Å². The topological polar surface area (TPSA) is 135 Å². The van der Waals surface area contributed by atoms with Crippen LogP contribution in [-0.4, -0.2) is 15.2 Å². The van der Waals surface area contributed by atoms with Gasteiger partial charge in [-0.3, -0.25) is 0 Å². The number of aromatic nitrogens is 2. The zero-order valence-corrected chi connectivity index (χ0v) is 16.3. The number of hydrogen-bond acceptors (Lipinski definition) is 7. The summed E-state index contributed by atoms with van der Waals surface area (Å²) in [5, 5.41) is 20.0. The van der Waals surface area contributed by atoms with Crippen LogP contribution in [0.2, 0.25) is 10.0 Å². The molecule has 6 N–H and O–H groups in total. The highest BCUT2D eigenvalue weighted by molar-refractivity contribution is 6.42. The highest BCUT2D eigenvalue weighted by Gasteiger charge is 2.16. The molecule has 0 fully saturated rings. The van der Waals surface area contributed by atoms with E-state index in [1.165, 1.54) is 6.07 Å². The van der Waals surface area contributed by atoms with E-state index in [1.807, 2.05) is 0 Å². The largest absolute Gasteiger partial charge is 0.595 e. The lowest BCUT2D eigenvalue weighted by Gasteiger charge is -2.16. The molecule has 0 spiro atoms. The Kier molecular flexibility index (Phi) is 5.87.